The van der Waals surface area contributed by atoms with Crippen LogP contribution < -0.4 is 5.32 Å². The molecular weight excluding hydrogens is 371 g/mol. The van der Waals surface area contributed by atoms with Crippen molar-refractivity contribution in [1.82, 2.24) is 0 Å². The van der Waals surface area contributed by atoms with Gasteiger partial charge >= 0.3 is 0 Å². The molecule has 0 aromatic heterocycles. The third-order valence-electron chi connectivity index (χ3n) is 4.77. The van der Waals surface area contributed by atoms with Gasteiger partial charge in [0.25, 0.3) is 5.69 Å². The molecular formula is C23H21FN2O3. The van der Waals surface area contributed by atoms with Gasteiger partial charge in [0.2, 0.25) is 0 Å². The van der Waals surface area contributed by atoms with Gasteiger partial charge in [-0.15, -0.1) is 0 Å². The summed E-state index contributed by atoms with van der Waals surface area (Å²) in [5, 5.41) is 14.3. The molecule has 1 N–H and O–H groups in total. The Morgan fingerprint density at radius 2 is 1.62 bits per heavy atom. The van der Waals surface area contributed by atoms with Crippen LogP contribution in [0.2, 0.25) is 0 Å². The second kappa shape index (κ2) is 9.10. The average Bonchev–Trinajstić information content (AvgIpc) is 2.74. The number of non-ortho nitro benzene ring substituents is 1. The zero-order valence-electron chi connectivity index (χ0n) is 16.0. The summed E-state index contributed by atoms with van der Waals surface area (Å²) in [6.07, 6.45) is 1.05. The molecule has 0 aliphatic rings. The summed E-state index contributed by atoms with van der Waals surface area (Å²) in [6.45, 7) is 2.07. The van der Waals surface area contributed by atoms with Crippen LogP contribution in [0.3, 0.4) is 0 Å². The Bertz CT molecular complexity index is 984. The quantitative estimate of drug-likeness (QED) is 0.302. The Balaban J connectivity index is 1.86. The minimum atomic E-state index is -0.459. The lowest BCUT2D eigenvalue weighted by molar-refractivity contribution is -0.384. The van der Waals surface area contributed by atoms with E-state index in [1.54, 1.807) is 12.1 Å². The highest BCUT2D eigenvalue weighted by Crippen LogP contribution is 2.26. The number of nitrogens with one attached hydrogen (secondary N) is 1. The molecule has 3 rings (SSSR count). The summed E-state index contributed by atoms with van der Waals surface area (Å²) in [5.41, 5.74) is 3.21. The predicted octanol–water partition coefficient (Wildman–Crippen LogP) is 5.72. The second-order valence-electron chi connectivity index (χ2n) is 6.73. The van der Waals surface area contributed by atoms with Crippen molar-refractivity contribution in [3.05, 3.63) is 105 Å². The molecule has 0 bridgehead atoms. The summed E-state index contributed by atoms with van der Waals surface area (Å²) < 4.78 is 13.2. The van der Waals surface area contributed by atoms with E-state index in [0.29, 0.717) is 5.56 Å². The number of hydrogen-bond acceptors (Lipinski definition) is 4. The lowest BCUT2D eigenvalue weighted by atomic mass is 9.97. The average molecular weight is 392 g/mol. The van der Waals surface area contributed by atoms with Gasteiger partial charge in [-0.2, -0.15) is 0 Å². The van der Waals surface area contributed by atoms with Gasteiger partial charge in [-0.1, -0.05) is 31.2 Å². The maximum absolute atomic E-state index is 13.2. The summed E-state index contributed by atoms with van der Waals surface area (Å²) in [6, 6.07) is 19.1. The maximum Gasteiger partial charge on any atom is 0.269 e. The Kier molecular flexibility index (Phi) is 6.34. The first-order valence-electron chi connectivity index (χ1n) is 9.35. The van der Waals surface area contributed by atoms with Gasteiger partial charge in [0.1, 0.15) is 5.82 Å². The van der Waals surface area contributed by atoms with Crippen molar-refractivity contribution in [3.8, 4) is 0 Å². The van der Waals surface area contributed by atoms with Crippen LogP contribution in [-0.2, 0) is 6.42 Å². The van der Waals surface area contributed by atoms with Gasteiger partial charge < -0.3 is 5.32 Å². The van der Waals surface area contributed by atoms with Gasteiger partial charge in [0.15, 0.2) is 5.78 Å². The van der Waals surface area contributed by atoms with Crippen LogP contribution in [0, 0.1) is 15.9 Å². The highest BCUT2D eigenvalue weighted by atomic mass is 19.1. The summed E-state index contributed by atoms with van der Waals surface area (Å²) in [4.78, 5) is 23.2. The number of carbonyl (C=O) groups is 1. The fourth-order valence-corrected chi connectivity index (χ4v) is 3.06. The molecule has 0 amide bonds. The number of ketones is 1. The van der Waals surface area contributed by atoms with Crippen LogP contribution in [0.4, 0.5) is 15.8 Å². The van der Waals surface area contributed by atoms with Crippen LogP contribution in [-0.4, -0.2) is 10.7 Å². The van der Waals surface area contributed by atoms with Crippen molar-refractivity contribution in [2.45, 2.75) is 25.8 Å². The van der Waals surface area contributed by atoms with E-state index in [1.807, 2.05) is 24.3 Å². The summed E-state index contributed by atoms with van der Waals surface area (Å²) in [5.74, 6) is -0.548. The molecule has 148 valence electrons. The van der Waals surface area contributed by atoms with Crippen LogP contribution in [0.5, 0.6) is 0 Å². The summed E-state index contributed by atoms with van der Waals surface area (Å²) >= 11 is 0. The highest BCUT2D eigenvalue weighted by Gasteiger charge is 2.19. The molecule has 0 spiro atoms. The lowest BCUT2D eigenvalue weighted by Gasteiger charge is -2.20. The van der Waals surface area contributed by atoms with E-state index < -0.39 is 10.7 Å². The van der Waals surface area contributed by atoms with Crippen molar-refractivity contribution >= 4 is 17.2 Å². The first-order valence-corrected chi connectivity index (χ1v) is 9.35. The Hall–Kier alpha value is -3.54. The number of nitrogens with zero attached hydrogens (tertiary/aromatic N) is 1. The maximum atomic E-state index is 13.2. The van der Waals surface area contributed by atoms with E-state index in [4.69, 9.17) is 0 Å². The number of hydrogen-bond donors (Lipinski definition) is 1. The smallest absolute Gasteiger partial charge is 0.269 e. The Morgan fingerprint density at radius 1 is 1.00 bits per heavy atom. The third-order valence-corrected chi connectivity index (χ3v) is 4.77. The first-order chi connectivity index (χ1) is 14.0. The minimum Gasteiger partial charge on any atom is -0.378 e. The lowest BCUT2D eigenvalue weighted by Crippen LogP contribution is -2.16. The molecule has 6 heteroatoms. The number of rotatable bonds is 8. The van der Waals surface area contributed by atoms with Crippen molar-refractivity contribution < 1.29 is 14.1 Å². The van der Waals surface area contributed by atoms with E-state index >= 15 is 0 Å². The van der Waals surface area contributed by atoms with E-state index in [2.05, 4.69) is 12.2 Å². The van der Waals surface area contributed by atoms with Crippen LogP contribution in [0.25, 0.3) is 0 Å². The second-order valence-corrected chi connectivity index (χ2v) is 6.73. The van der Waals surface area contributed by atoms with E-state index in [0.717, 1.165) is 17.7 Å². The number of nitro benzene ring substituents is 1. The monoisotopic (exact) mass is 392 g/mol. The number of nitro groups is 1. The zero-order valence-corrected chi connectivity index (χ0v) is 16.0. The normalized spacial score (nSPS) is 11.7. The molecule has 0 aliphatic heterocycles. The molecule has 3 aromatic carbocycles. The van der Waals surface area contributed by atoms with E-state index in [9.17, 15) is 19.3 Å². The molecule has 3 aromatic rings. The van der Waals surface area contributed by atoms with E-state index in [1.165, 1.54) is 42.0 Å². The molecule has 0 heterocycles. The van der Waals surface area contributed by atoms with Gasteiger partial charge in [-0.25, -0.2) is 4.39 Å². The number of halogens is 1. The fraction of sp³-hybridized carbons (Fsp3) is 0.174. The molecule has 0 fully saturated rings. The molecule has 0 aliphatic carbocycles. The topological polar surface area (TPSA) is 72.2 Å². The molecule has 0 saturated carbocycles. The highest BCUT2D eigenvalue weighted by molar-refractivity contribution is 5.96. The van der Waals surface area contributed by atoms with Crippen LogP contribution in [0.1, 0.15) is 40.9 Å². The van der Waals surface area contributed by atoms with Crippen molar-refractivity contribution in [2.75, 3.05) is 5.32 Å². The van der Waals surface area contributed by atoms with Crippen LogP contribution in [0.15, 0.2) is 72.8 Å². The Morgan fingerprint density at radius 3 is 2.17 bits per heavy atom. The third kappa shape index (κ3) is 5.25. The Labute approximate surface area is 168 Å². The zero-order chi connectivity index (χ0) is 20.8. The minimum absolute atomic E-state index is 0.00957. The fourth-order valence-electron chi connectivity index (χ4n) is 3.06. The van der Waals surface area contributed by atoms with Gasteiger partial charge in [-0.3, -0.25) is 14.9 Å². The molecule has 29 heavy (non-hydrogen) atoms. The molecule has 1 atom stereocenters. The van der Waals surface area contributed by atoms with Gasteiger partial charge in [0.05, 0.1) is 11.0 Å². The van der Waals surface area contributed by atoms with Gasteiger partial charge in [-0.05, 0) is 53.9 Å². The predicted molar refractivity (Wildman–Crippen MR) is 111 cm³/mol. The van der Waals surface area contributed by atoms with Crippen LogP contribution >= 0.6 is 0 Å². The molecule has 0 radical (unpaired) electrons. The van der Waals surface area contributed by atoms with Gasteiger partial charge in [0, 0.05) is 29.8 Å². The number of aryl methyl sites for hydroxylation is 1. The SMILES string of the molecule is CCc1ccc(NC(CC(=O)c2ccc(F)cc2)c2ccc([N+](=O)[O-])cc2)cc1. The molecule has 5 nitrogen and oxygen atoms in total. The van der Waals surface area contributed by atoms with Crippen molar-refractivity contribution in [3.63, 3.8) is 0 Å². The first kappa shape index (κ1) is 20.2. The molecule has 0 saturated heterocycles. The summed E-state index contributed by atoms with van der Waals surface area (Å²) in [7, 11) is 0. The number of anilines is 1. The number of benzene rings is 3. The largest absolute Gasteiger partial charge is 0.378 e. The van der Waals surface area contributed by atoms with Crippen molar-refractivity contribution in [1.29, 1.82) is 0 Å². The van der Waals surface area contributed by atoms with E-state index in [-0.39, 0.29) is 23.9 Å². The molecule has 1 unspecified atom stereocenters. The number of carbonyl (C=O) groups excluding carboxylic acids is 1. The van der Waals surface area contributed by atoms with Crippen molar-refractivity contribution in [2.24, 2.45) is 0 Å². The number of Topliss-reactive ketones (excluding diaryl/α,β-unsaturated/α-hetero) is 1. The standard InChI is InChI=1S/C23H21FN2O3/c1-2-16-3-11-20(12-4-16)25-22(17-7-13-21(14-8-17)26(28)29)15-23(27)18-5-9-19(24)10-6-18/h3-14,22,25H,2,15H2,1H3.